The number of likely N-dealkylation sites (tertiary alicyclic amines) is 1. The van der Waals surface area contributed by atoms with Crippen LogP contribution in [0, 0.1) is 0 Å². The highest BCUT2D eigenvalue weighted by atomic mass is 16.6. The lowest BCUT2D eigenvalue weighted by molar-refractivity contribution is -0.156. The topological polar surface area (TPSA) is 55.8 Å². The van der Waals surface area contributed by atoms with Crippen LogP contribution in [0.25, 0.3) is 0 Å². The number of rotatable bonds is 4. The summed E-state index contributed by atoms with van der Waals surface area (Å²) in [5, 5.41) is 0. The second-order valence-corrected chi connectivity index (χ2v) is 6.73. The van der Waals surface area contributed by atoms with Crippen LogP contribution < -0.4 is 0 Å². The van der Waals surface area contributed by atoms with Crippen molar-refractivity contribution in [1.82, 2.24) is 4.90 Å². The summed E-state index contributed by atoms with van der Waals surface area (Å²) in [7, 11) is 0. The largest absolute Gasteiger partial charge is 0.443 e. The predicted molar refractivity (Wildman–Crippen MR) is 87.1 cm³/mol. The van der Waals surface area contributed by atoms with Gasteiger partial charge in [0.2, 0.25) is 5.91 Å². The van der Waals surface area contributed by atoms with Gasteiger partial charge in [0.05, 0.1) is 18.1 Å². The van der Waals surface area contributed by atoms with Crippen LogP contribution >= 0.6 is 0 Å². The Morgan fingerprint density at radius 1 is 1.26 bits per heavy atom. The second kappa shape index (κ2) is 6.71. The number of hydrogen-bond donors (Lipinski definition) is 0. The quantitative estimate of drug-likeness (QED) is 0.799. The van der Waals surface area contributed by atoms with Crippen molar-refractivity contribution in [2.45, 2.75) is 58.3 Å². The molecular weight excluding hydrogens is 294 g/mol. The summed E-state index contributed by atoms with van der Waals surface area (Å²) < 4.78 is 11.0. The molecule has 1 saturated heterocycles. The fourth-order valence-electron chi connectivity index (χ4n) is 2.88. The average molecular weight is 319 g/mol. The fraction of sp³-hybridized carbons (Fsp3) is 0.556. The SMILES string of the molecule is CCOC(C)[C@H]1[C@H](c2ccccc2)C(=O)N1C(=O)OC(C)(C)C. The van der Waals surface area contributed by atoms with E-state index in [9.17, 15) is 9.59 Å². The minimum atomic E-state index is -0.644. The zero-order valence-electron chi connectivity index (χ0n) is 14.4. The summed E-state index contributed by atoms with van der Waals surface area (Å²) in [4.78, 5) is 26.2. The Labute approximate surface area is 137 Å². The monoisotopic (exact) mass is 319 g/mol. The van der Waals surface area contributed by atoms with E-state index in [4.69, 9.17) is 9.47 Å². The van der Waals surface area contributed by atoms with E-state index in [0.717, 1.165) is 5.56 Å². The van der Waals surface area contributed by atoms with Gasteiger partial charge in [-0.2, -0.15) is 0 Å². The molecule has 1 unspecified atom stereocenters. The van der Waals surface area contributed by atoms with Crippen molar-refractivity contribution in [3.05, 3.63) is 35.9 Å². The molecule has 0 N–H and O–H groups in total. The van der Waals surface area contributed by atoms with Crippen molar-refractivity contribution in [3.63, 3.8) is 0 Å². The van der Waals surface area contributed by atoms with Crippen LogP contribution in [-0.4, -0.2) is 41.3 Å². The number of β-lactam (4-membered cyclic amide) rings is 1. The third kappa shape index (κ3) is 3.72. The van der Waals surface area contributed by atoms with Crippen molar-refractivity contribution in [1.29, 1.82) is 0 Å². The highest BCUT2D eigenvalue weighted by molar-refractivity contribution is 6.02. The smallest absolute Gasteiger partial charge is 0.417 e. The molecule has 23 heavy (non-hydrogen) atoms. The fourth-order valence-corrected chi connectivity index (χ4v) is 2.88. The van der Waals surface area contributed by atoms with E-state index >= 15 is 0 Å². The Kier molecular flexibility index (Phi) is 5.09. The Bertz CT molecular complexity index is 564. The van der Waals surface area contributed by atoms with Crippen LogP contribution in [0.15, 0.2) is 30.3 Å². The Hall–Kier alpha value is -1.88. The van der Waals surface area contributed by atoms with E-state index in [2.05, 4.69) is 0 Å². The number of amides is 2. The predicted octanol–water partition coefficient (Wildman–Crippen LogP) is 3.34. The van der Waals surface area contributed by atoms with Crippen LogP contribution in [0.1, 0.15) is 46.1 Å². The van der Waals surface area contributed by atoms with Gasteiger partial charge in [-0.15, -0.1) is 0 Å². The molecule has 1 aliphatic rings. The molecule has 1 aromatic rings. The summed E-state index contributed by atoms with van der Waals surface area (Å²) in [6.45, 7) is 9.65. The van der Waals surface area contributed by atoms with Gasteiger partial charge in [-0.25, -0.2) is 9.69 Å². The second-order valence-electron chi connectivity index (χ2n) is 6.73. The summed E-state index contributed by atoms with van der Waals surface area (Å²) in [5.74, 6) is -0.604. The van der Waals surface area contributed by atoms with Gasteiger partial charge in [-0.1, -0.05) is 30.3 Å². The van der Waals surface area contributed by atoms with Crippen molar-refractivity contribution in [3.8, 4) is 0 Å². The van der Waals surface area contributed by atoms with Crippen LogP contribution in [-0.2, 0) is 14.3 Å². The lowest BCUT2D eigenvalue weighted by Gasteiger charge is -2.48. The molecule has 5 heteroatoms. The van der Waals surface area contributed by atoms with E-state index in [1.807, 2.05) is 44.2 Å². The molecule has 0 spiro atoms. The highest BCUT2D eigenvalue weighted by Gasteiger charge is 2.55. The van der Waals surface area contributed by atoms with Crippen molar-refractivity contribution in [2.75, 3.05) is 6.61 Å². The number of carbonyl (C=O) groups is 2. The number of imide groups is 1. The maximum Gasteiger partial charge on any atom is 0.417 e. The Balaban J connectivity index is 2.25. The van der Waals surface area contributed by atoms with Gasteiger partial charge in [0, 0.05) is 6.61 Å². The van der Waals surface area contributed by atoms with Gasteiger partial charge in [-0.05, 0) is 40.2 Å². The Morgan fingerprint density at radius 3 is 2.39 bits per heavy atom. The standard InChI is InChI=1S/C18H25NO4/c1-6-22-12(2)15-14(13-10-8-7-9-11-13)16(20)19(15)17(21)23-18(3,4)5/h7-12,14-15H,6H2,1-5H3/t12?,14-,15-/m0/s1. The maximum atomic E-state index is 12.6. The number of hydrogen-bond acceptors (Lipinski definition) is 4. The molecule has 1 heterocycles. The minimum Gasteiger partial charge on any atom is -0.443 e. The van der Waals surface area contributed by atoms with Gasteiger partial charge in [0.15, 0.2) is 0 Å². The maximum absolute atomic E-state index is 12.6. The first-order valence-corrected chi connectivity index (χ1v) is 7.99. The molecule has 126 valence electrons. The van der Waals surface area contributed by atoms with Crippen molar-refractivity contribution >= 4 is 12.0 Å². The first-order valence-electron chi connectivity index (χ1n) is 7.99. The zero-order valence-corrected chi connectivity index (χ0v) is 14.4. The molecule has 3 atom stereocenters. The molecule has 1 fully saturated rings. The third-order valence-corrected chi connectivity index (χ3v) is 3.80. The third-order valence-electron chi connectivity index (χ3n) is 3.80. The average Bonchev–Trinajstić information content (AvgIpc) is 2.44. The summed E-state index contributed by atoms with van der Waals surface area (Å²) in [6, 6.07) is 9.14. The van der Waals surface area contributed by atoms with Crippen LogP contribution in [0.5, 0.6) is 0 Å². The molecule has 2 rings (SSSR count). The normalized spacial score (nSPS) is 22.5. The summed E-state index contributed by atoms with van der Waals surface area (Å²) in [6.07, 6.45) is -0.860. The lowest BCUT2D eigenvalue weighted by atomic mass is 9.79. The minimum absolute atomic E-state index is 0.234. The van der Waals surface area contributed by atoms with Gasteiger partial charge < -0.3 is 9.47 Å². The number of nitrogens with zero attached hydrogens (tertiary/aromatic N) is 1. The van der Waals surface area contributed by atoms with Crippen LogP contribution in [0.3, 0.4) is 0 Å². The molecule has 1 aliphatic heterocycles. The molecule has 5 nitrogen and oxygen atoms in total. The van der Waals surface area contributed by atoms with Gasteiger partial charge in [0.25, 0.3) is 0 Å². The highest BCUT2D eigenvalue weighted by Crippen LogP contribution is 2.39. The molecule has 0 saturated carbocycles. The van der Waals surface area contributed by atoms with Gasteiger partial charge in [0.1, 0.15) is 5.60 Å². The number of ether oxygens (including phenoxy) is 2. The molecule has 0 aromatic heterocycles. The van der Waals surface area contributed by atoms with E-state index < -0.39 is 11.7 Å². The van der Waals surface area contributed by atoms with Crippen molar-refractivity contribution in [2.24, 2.45) is 0 Å². The van der Waals surface area contributed by atoms with Gasteiger partial charge >= 0.3 is 6.09 Å². The van der Waals surface area contributed by atoms with Crippen molar-refractivity contribution < 1.29 is 19.1 Å². The Morgan fingerprint density at radius 2 is 1.87 bits per heavy atom. The molecule has 0 aliphatic carbocycles. The number of benzene rings is 1. The van der Waals surface area contributed by atoms with E-state index in [1.165, 1.54) is 4.90 Å². The molecular formula is C18H25NO4. The van der Waals surface area contributed by atoms with E-state index in [1.54, 1.807) is 20.8 Å². The molecule has 2 amide bonds. The van der Waals surface area contributed by atoms with E-state index in [-0.39, 0.29) is 24.0 Å². The lowest BCUT2D eigenvalue weighted by Crippen LogP contribution is -2.66. The van der Waals surface area contributed by atoms with Crippen LogP contribution in [0.2, 0.25) is 0 Å². The number of carbonyl (C=O) groups excluding carboxylic acids is 2. The molecule has 1 aromatic carbocycles. The van der Waals surface area contributed by atoms with Crippen LogP contribution in [0.4, 0.5) is 4.79 Å². The summed E-state index contributed by atoms with van der Waals surface area (Å²) in [5.41, 5.74) is 0.253. The van der Waals surface area contributed by atoms with Gasteiger partial charge in [-0.3, -0.25) is 4.79 Å². The first-order chi connectivity index (χ1) is 10.8. The first kappa shape index (κ1) is 17.5. The molecule has 0 bridgehead atoms. The van der Waals surface area contributed by atoms with E-state index in [0.29, 0.717) is 6.61 Å². The zero-order chi connectivity index (χ0) is 17.2. The summed E-state index contributed by atoms with van der Waals surface area (Å²) >= 11 is 0. The molecule has 0 radical (unpaired) electrons.